The monoisotopic (exact) mass is 1450 g/mol. The van der Waals surface area contributed by atoms with Crippen molar-refractivity contribution in [3.8, 4) is 0 Å². The van der Waals surface area contributed by atoms with E-state index in [4.69, 9.17) is 32.3 Å². The van der Waals surface area contributed by atoms with E-state index in [-0.39, 0.29) is 19.3 Å². The third-order valence-electron chi connectivity index (χ3n) is 15.7. The molecule has 4 N–H and O–H groups in total. The number of carbonyl (C=O) groups excluding carboxylic acids is 3. The van der Waals surface area contributed by atoms with Crippen LogP contribution < -0.4 is 0 Å². The van der Waals surface area contributed by atoms with E-state index in [0.717, 1.165) is 128 Å². The van der Waals surface area contributed by atoms with Gasteiger partial charge in [0.25, 0.3) is 0 Å². The van der Waals surface area contributed by atoms with Crippen molar-refractivity contribution < 1.29 is 75.8 Å². The highest BCUT2D eigenvalue weighted by Crippen LogP contribution is 2.45. The van der Waals surface area contributed by atoms with E-state index in [9.17, 15) is 43.5 Å². The molecule has 0 saturated heterocycles. The Kier molecular flexibility index (Phi) is 71.3. The third kappa shape index (κ3) is 76.1. The Morgan fingerprint density at radius 2 is 0.545 bits per heavy atom. The van der Waals surface area contributed by atoms with E-state index in [2.05, 4.69) is 161 Å². The Bertz CT molecular complexity index is 2470. The van der Waals surface area contributed by atoms with Crippen LogP contribution in [0.2, 0.25) is 0 Å². The van der Waals surface area contributed by atoms with Gasteiger partial charge in [0, 0.05) is 19.3 Å². The summed E-state index contributed by atoms with van der Waals surface area (Å²) in [7, 11) is -9.81. The number of rotatable bonds is 72. The molecule has 0 saturated carbocycles. The number of phosphoric acid groups is 2. The zero-order valence-corrected chi connectivity index (χ0v) is 64.6. The van der Waals surface area contributed by atoms with Crippen LogP contribution in [-0.2, 0) is 55.8 Å². The van der Waals surface area contributed by atoms with E-state index in [0.29, 0.717) is 25.7 Å². The van der Waals surface area contributed by atoms with Crippen molar-refractivity contribution in [1.29, 1.82) is 0 Å². The van der Waals surface area contributed by atoms with E-state index < -0.39 is 91.5 Å². The lowest BCUT2D eigenvalue weighted by Gasteiger charge is -2.21. The SMILES string of the molecule is CC/C=C\C/C=C\C/C=C\C/C=C\C/C=C\C/C=C\CCCCCCCCCCCCCCCCCCC(=O)OCC(O)COP(=O)(O)OCC(O)COP(=O)(O)OCC(COC(=O)CC/C=C\C/C=C\C/C=C\C/C=C\C/C=C\C/C=C\CC)OC(=O)CCCCCCC/C=C\CCCC. The summed E-state index contributed by atoms with van der Waals surface area (Å²) in [6, 6.07) is 0. The van der Waals surface area contributed by atoms with Crippen molar-refractivity contribution in [2.24, 2.45) is 0 Å². The quantitative estimate of drug-likeness (QED) is 0.0146. The molecule has 101 heavy (non-hydrogen) atoms. The highest BCUT2D eigenvalue weighted by molar-refractivity contribution is 7.47. The number of aliphatic hydroxyl groups is 2. The van der Waals surface area contributed by atoms with Crippen LogP contribution in [0.1, 0.15) is 290 Å². The number of aliphatic hydroxyl groups excluding tert-OH is 2. The Morgan fingerprint density at radius 3 is 0.901 bits per heavy atom. The lowest BCUT2D eigenvalue weighted by Crippen LogP contribution is -2.30. The van der Waals surface area contributed by atoms with Gasteiger partial charge < -0.3 is 34.2 Å². The van der Waals surface area contributed by atoms with Crippen LogP contribution in [0.4, 0.5) is 0 Å². The molecular formula is C83H138O16P2. The van der Waals surface area contributed by atoms with Gasteiger partial charge in [0.15, 0.2) is 6.10 Å². The molecule has 16 nitrogen and oxygen atoms in total. The van der Waals surface area contributed by atoms with Crippen molar-refractivity contribution in [2.75, 3.05) is 39.6 Å². The molecule has 0 rings (SSSR count). The molecule has 0 aliphatic rings. The molecule has 0 aromatic rings. The second kappa shape index (κ2) is 74.9. The number of hydrogen-bond donors (Lipinski definition) is 4. The first kappa shape index (κ1) is 96.2. The number of hydrogen-bond acceptors (Lipinski definition) is 14. The molecule has 0 bridgehead atoms. The van der Waals surface area contributed by atoms with Crippen LogP contribution in [-0.4, -0.2) is 95.9 Å². The number of carbonyl (C=O) groups is 3. The Balaban J connectivity index is 4.39. The minimum absolute atomic E-state index is 0.0403. The number of unbranched alkanes of at least 4 members (excludes halogenated alkanes) is 23. The minimum Gasteiger partial charge on any atom is -0.463 e. The molecule has 5 atom stereocenters. The largest absolute Gasteiger partial charge is 0.472 e. The molecule has 0 aliphatic heterocycles. The highest BCUT2D eigenvalue weighted by Gasteiger charge is 2.29. The zero-order chi connectivity index (χ0) is 73.7. The fourth-order valence-corrected chi connectivity index (χ4v) is 11.5. The predicted octanol–water partition coefficient (Wildman–Crippen LogP) is 22.6. The first-order valence-corrected chi connectivity index (χ1v) is 41.8. The van der Waals surface area contributed by atoms with Gasteiger partial charge >= 0.3 is 33.6 Å². The van der Waals surface area contributed by atoms with Crippen molar-refractivity contribution >= 4 is 33.6 Å². The van der Waals surface area contributed by atoms with Gasteiger partial charge in [0.2, 0.25) is 0 Å². The molecular weight excluding hydrogens is 1310 g/mol. The first-order valence-electron chi connectivity index (χ1n) is 38.8. The second-order valence-corrected chi connectivity index (χ2v) is 28.3. The smallest absolute Gasteiger partial charge is 0.463 e. The number of phosphoric ester groups is 2. The van der Waals surface area contributed by atoms with E-state index in [1.54, 1.807) is 0 Å². The van der Waals surface area contributed by atoms with Gasteiger partial charge in [-0.05, 0) is 128 Å². The van der Waals surface area contributed by atoms with Gasteiger partial charge in [-0.2, -0.15) is 0 Å². The molecule has 0 fully saturated rings. The first-order chi connectivity index (χ1) is 49.2. The van der Waals surface area contributed by atoms with Crippen molar-refractivity contribution in [3.05, 3.63) is 158 Å². The zero-order valence-electron chi connectivity index (χ0n) is 62.8. The number of esters is 3. The summed E-state index contributed by atoms with van der Waals surface area (Å²) < 4.78 is 60.9. The molecule has 0 radical (unpaired) electrons. The molecule has 5 unspecified atom stereocenters. The van der Waals surface area contributed by atoms with Crippen molar-refractivity contribution in [3.63, 3.8) is 0 Å². The van der Waals surface area contributed by atoms with Gasteiger partial charge in [0.05, 0.1) is 26.4 Å². The van der Waals surface area contributed by atoms with E-state index in [1.165, 1.54) is 96.3 Å². The Morgan fingerprint density at radius 1 is 0.287 bits per heavy atom. The Labute approximate surface area is 612 Å². The number of ether oxygens (including phenoxy) is 3. The summed E-state index contributed by atoms with van der Waals surface area (Å²) in [5.41, 5.74) is 0. The molecule has 576 valence electrons. The average molecular weight is 1450 g/mol. The minimum atomic E-state index is -4.94. The molecule has 0 aromatic heterocycles. The summed E-state index contributed by atoms with van der Waals surface area (Å²) in [5.74, 6) is -1.69. The molecule has 18 heteroatoms. The fourth-order valence-electron chi connectivity index (χ4n) is 9.88. The van der Waals surface area contributed by atoms with Crippen molar-refractivity contribution in [1.82, 2.24) is 0 Å². The second-order valence-electron chi connectivity index (χ2n) is 25.4. The summed E-state index contributed by atoms with van der Waals surface area (Å²) in [5, 5.41) is 20.6. The summed E-state index contributed by atoms with van der Waals surface area (Å²) >= 11 is 0. The van der Waals surface area contributed by atoms with Crippen LogP contribution >= 0.6 is 15.6 Å². The predicted molar refractivity (Wildman–Crippen MR) is 417 cm³/mol. The fraction of sp³-hybridized carbons (Fsp3) is 0.651. The van der Waals surface area contributed by atoms with Crippen LogP contribution in [0, 0.1) is 0 Å². The average Bonchev–Trinajstić information content (AvgIpc) is 0.974. The molecule has 0 amide bonds. The van der Waals surface area contributed by atoms with Crippen LogP contribution in [0.3, 0.4) is 0 Å². The summed E-state index contributed by atoms with van der Waals surface area (Å²) in [4.78, 5) is 58.4. The van der Waals surface area contributed by atoms with E-state index >= 15 is 0 Å². The lowest BCUT2D eigenvalue weighted by molar-refractivity contribution is -0.161. The maximum absolute atomic E-state index is 12.9. The van der Waals surface area contributed by atoms with Gasteiger partial charge in [-0.1, -0.05) is 301 Å². The third-order valence-corrected chi connectivity index (χ3v) is 17.6. The van der Waals surface area contributed by atoms with Gasteiger partial charge in [-0.3, -0.25) is 32.5 Å². The lowest BCUT2D eigenvalue weighted by atomic mass is 10.0. The van der Waals surface area contributed by atoms with Crippen LogP contribution in [0.15, 0.2) is 158 Å². The number of allylic oxidation sites excluding steroid dienone is 26. The van der Waals surface area contributed by atoms with Crippen LogP contribution in [0.25, 0.3) is 0 Å². The van der Waals surface area contributed by atoms with Crippen LogP contribution in [0.5, 0.6) is 0 Å². The maximum Gasteiger partial charge on any atom is 0.472 e. The normalized spacial score (nSPS) is 14.9. The summed E-state index contributed by atoms with van der Waals surface area (Å²) in [6.07, 6.45) is 93.5. The van der Waals surface area contributed by atoms with Gasteiger partial charge in [-0.15, -0.1) is 0 Å². The van der Waals surface area contributed by atoms with E-state index in [1.807, 2.05) is 18.2 Å². The maximum atomic E-state index is 12.9. The van der Waals surface area contributed by atoms with Gasteiger partial charge in [-0.25, -0.2) is 9.13 Å². The summed E-state index contributed by atoms with van der Waals surface area (Å²) in [6.45, 7) is 2.29. The van der Waals surface area contributed by atoms with Gasteiger partial charge in [0.1, 0.15) is 25.4 Å². The topological polar surface area (TPSA) is 231 Å². The van der Waals surface area contributed by atoms with Crippen molar-refractivity contribution in [2.45, 2.75) is 309 Å². The molecule has 0 aromatic carbocycles. The standard InChI is InChI=1S/C83H138O16P2/c1-4-7-10-13-16-19-22-24-26-28-30-31-32-33-34-35-36-37-38-39-40-41-42-43-44-45-47-49-50-52-55-57-60-63-66-69-81(86)93-72-78(84)73-95-100(89,90)96-74-79(85)75-97-101(91,92)98-77-80(99-83(88)71-68-65-62-59-54-21-18-15-12-9-6-3)76-94-82(87)70-67-64-61-58-56-53-51-48-46-29-27-25-23-20-17-14-11-8-5-2/h7-8,10-11,15-20,24-27,30-31,33-34,36-37,46,48,53,56,61,64,78-80,84-85H,4-6,9,12-14,21-23,28-29,32,35,38-45,47,49-52,54-55,57-60,62-63,65-77H2,1-3H3,(H,89,90)(H,91,92)/b10-7-,11-8-,18-15-,19-16-,20-17-,26-24-,27-25-,31-30-,34-33-,37-36-,48-46-,56-53-,64-61-. The molecule has 0 aliphatic carbocycles. The molecule has 0 spiro atoms. The Hall–Kier alpha value is -4.83. The highest BCUT2D eigenvalue weighted by atomic mass is 31.2. The molecule has 0 heterocycles.